The van der Waals surface area contributed by atoms with Gasteiger partial charge in [-0.1, -0.05) is 0 Å². The third kappa shape index (κ3) is 2.60. The first-order chi connectivity index (χ1) is 8.74. The van der Waals surface area contributed by atoms with E-state index in [-0.39, 0.29) is 12.2 Å². The molecule has 0 saturated carbocycles. The molecule has 94 valence electrons. The predicted octanol–water partition coefficient (Wildman–Crippen LogP) is 0.577. The Labute approximate surface area is 105 Å². The minimum absolute atomic E-state index is 0.00481. The quantitative estimate of drug-likeness (QED) is 0.778. The number of aromatic nitrogens is 4. The van der Waals surface area contributed by atoms with E-state index in [0.717, 1.165) is 0 Å². The van der Waals surface area contributed by atoms with Crippen molar-refractivity contribution in [3.63, 3.8) is 0 Å². The van der Waals surface area contributed by atoms with E-state index in [1.165, 1.54) is 6.33 Å². The number of carbonyl (C=O) groups excluding carboxylic acids is 1. The van der Waals surface area contributed by atoms with Crippen LogP contribution in [-0.2, 0) is 19.5 Å². The highest BCUT2D eigenvalue weighted by Crippen LogP contribution is 2.06. The summed E-state index contributed by atoms with van der Waals surface area (Å²) in [4.78, 5) is 20.2. The van der Waals surface area contributed by atoms with E-state index in [4.69, 9.17) is 5.73 Å². The van der Waals surface area contributed by atoms with Gasteiger partial charge in [0.15, 0.2) is 5.78 Å². The van der Waals surface area contributed by atoms with Gasteiger partial charge in [0, 0.05) is 24.8 Å². The topological polar surface area (TPSA) is 86.7 Å². The molecule has 2 aromatic heterocycles. The van der Waals surface area contributed by atoms with Gasteiger partial charge in [0.2, 0.25) is 0 Å². The van der Waals surface area contributed by atoms with Crippen LogP contribution in [0.5, 0.6) is 0 Å². The molecule has 0 atom stereocenters. The van der Waals surface area contributed by atoms with Crippen LogP contribution in [0.2, 0.25) is 0 Å². The first-order valence-corrected chi connectivity index (χ1v) is 5.79. The lowest BCUT2D eigenvalue weighted by atomic mass is 10.1. The summed E-state index contributed by atoms with van der Waals surface area (Å²) >= 11 is 0. The number of ketones is 1. The van der Waals surface area contributed by atoms with Gasteiger partial charge in [0.05, 0.1) is 12.1 Å². The van der Waals surface area contributed by atoms with Crippen LogP contribution in [0.1, 0.15) is 28.8 Å². The van der Waals surface area contributed by atoms with Gasteiger partial charge in [-0.3, -0.25) is 9.78 Å². The van der Waals surface area contributed by atoms with Crippen LogP contribution in [0.15, 0.2) is 24.7 Å². The van der Waals surface area contributed by atoms with Gasteiger partial charge in [-0.05, 0) is 19.1 Å². The van der Waals surface area contributed by atoms with Gasteiger partial charge >= 0.3 is 0 Å². The summed E-state index contributed by atoms with van der Waals surface area (Å²) in [5.74, 6) is 0.670. The van der Waals surface area contributed by atoms with E-state index >= 15 is 0 Å². The maximum absolute atomic E-state index is 12.1. The Bertz CT molecular complexity index is 549. The molecule has 0 fully saturated rings. The van der Waals surface area contributed by atoms with Crippen molar-refractivity contribution in [3.05, 3.63) is 41.7 Å². The second-order valence-electron chi connectivity index (χ2n) is 3.83. The number of hydrogen-bond donors (Lipinski definition) is 1. The van der Waals surface area contributed by atoms with Crippen LogP contribution in [0, 0.1) is 0 Å². The summed E-state index contributed by atoms with van der Waals surface area (Å²) < 4.78 is 1.71. The van der Waals surface area contributed by atoms with Crippen molar-refractivity contribution in [1.29, 1.82) is 0 Å². The molecular weight excluding hydrogens is 230 g/mol. The van der Waals surface area contributed by atoms with E-state index in [2.05, 4.69) is 15.1 Å². The molecule has 0 unspecified atom stereocenters. The molecule has 0 aliphatic heterocycles. The molecule has 0 aliphatic carbocycles. The SMILES string of the molecule is CCn1ncnc1CC(=O)c1ccnc(CN)c1. The third-order valence-electron chi connectivity index (χ3n) is 2.66. The zero-order chi connectivity index (χ0) is 13.0. The fourth-order valence-corrected chi connectivity index (χ4v) is 1.70. The fraction of sp³-hybridized carbons (Fsp3) is 0.333. The Morgan fingerprint density at radius 2 is 2.28 bits per heavy atom. The Morgan fingerprint density at radius 1 is 1.44 bits per heavy atom. The number of pyridine rings is 1. The number of hydrogen-bond acceptors (Lipinski definition) is 5. The molecule has 0 saturated heterocycles. The molecule has 6 nitrogen and oxygen atoms in total. The number of carbonyl (C=O) groups is 1. The molecule has 0 amide bonds. The van der Waals surface area contributed by atoms with Crippen molar-refractivity contribution in [3.8, 4) is 0 Å². The van der Waals surface area contributed by atoms with Gasteiger partial charge in [0.1, 0.15) is 12.2 Å². The van der Waals surface area contributed by atoms with E-state index in [1.807, 2.05) is 6.92 Å². The molecular formula is C12H15N5O. The largest absolute Gasteiger partial charge is 0.325 e. The highest BCUT2D eigenvalue weighted by atomic mass is 16.1. The van der Waals surface area contributed by atoms with Gasteiger partial charge in [-0.2, -0.15) is 5.10 Å². The monoisotopic (exact) mass is 245 g/mol. The van der Waals surface area contributed by atoms with E-state index in [1.54, 1.807) is 23.0 Å². The van der Waals surface area contributed by atoms with Crippen molar-refractivity contribution < 1.29 is 4.79 Å². The van der Waals surface area contributed by atoms with Crippen molar-refractivity contribution in [1.82, 2.24) is 19.7 Å². The second kappa shape index (κ2) is 5.50. The number of rotatable bonds is 5. The number of aryl methyl sites for hydroxylation is 1. The maximum Gasteiger partial charge on any atom is 0.170 e. The average molecular weight is 245 g/mol. The van der Waals surface area contributed by atoms with Gasteiger partial charge < -0.3 is 5.73 Å². The summed E-state index contributed by atoms with van der Waals surface area (Å²) in [6.45, 7) is 2.99. The normalized spacial score (nSPS) is 10.6. The standard InChI is InChI=1S/C12H15N5O/c1-2-17-12(15-8-16-17)6-11(18)9-3-4-14-10(5-9)7-13/h3-5,8H,2,6-7,13H2,1H3. The Hall–Kier alpha value is -2.08. The van der Waals surface area contributed by atoms with Crippen LogP contribution >= 0.6 is 0 Å². The second-order valence-corrected chi connectivity index (χ2v) is 3.83. The van der Waals surface area contributed by atoms with Crippen LogP contribution in [0.25, 0.3) is 0 Å². The number of Topliss-reactive ketones (excluding diaryl/α,β-unsaturated/α-hetero) is 1. The highest BCUT2D eigenvalue weighted by molar-refractivity contribution is 5.97. The molecule has 0 radical (unpaired) electrons. The molecule has 2 aromatic rings. The molecule has 2 heterocycles. The minimum atomic E-state index is -0.00481. The van der Waals surface area contributed by atoms with Gasteiger partial charge in [-0.15, -0.1) is 0 Å². The summed E-state index contributed by atoms with van der Waals surface area (Å²) in [5, 5.41) is 4.04. The number of nitrogens with zero attached hydrogens (tertiary/aromatic N) is 4. The third-order valence-corrected chi connectivity index (χ3v) is 2.66. The molecule has 6 heteroatoms. The smallest absolute Gasteiger partial charge is 0.170 e. The van der Waals surface area contributed by atoms with E-state index in [9.17, 15) is 4.79 Å². The lowest BCUT2D eigenvalue weighted by molar-refractivity contribution is 0.0989. The minimum Gasteiger partial charge on any atom is -0.325 e. The van der Waals surface area contributed by atoms with Crippen LogP contribution in [-0.4, -0.2) is 25.5 Å². The highest BCUT2D eigenvalue weighted by Gasteiger charge is 2.12. The lowest BCUT2D eigenvalue weighted by Gasteiger charge is -2.03. The lowest BCUT2D eigenvalue weighted by Crippen LogP contribution is -2.11. The van der Waals surface area contributed by atoms with Crippen LogP contribution in [0.3, 0.4) is 0 Å². The summed E-state index contributed by atoms with van der Waals surface area (Å²) in [5.41, 5.74) is 6.81. The maximum atomic E-state index is 12.1. The Kier molecular flexibility index (Phi) is 3.78. The molecule has 18 heavy (non-hydrogen) atoms. The van der Waals surface area contributed by atoms with E-state index < -0.39 is 0 Å². The van der Waals surface area contributed by atoms with Gasteiger partial charge in [0.25, 0.3) is 0 Å². The van der Waals surface area contributed by atoms with E-state index in [0.29, 0.717) is 30.2 Å². The fourth-order valence-electron chi connectivity index (χ4n) is 1.70. The van der Waals surface area contributed by atoms with Crippen molar-refractivity contribution in [2.75, 3.05) is 0 Å². The Balaban J connectivity index is 2.16. The summed E-state index contributed by atoms with van der Waals surface area (Å²) in [7, 11) is 0. The molecule has 0 aromatic carbocycles. The zero-order valence-electron chi connectivity index (χ0n) is 10.2. The predicted molar refractivity (Wildman–Crippen MR) is 65.9 cm³/mol. The van der Waals surface area contributed by atoms with Crippen molar-refractivity contribution in [2.24, 2.45) is 5.73 Å². The van der Waals surface area contributed by atoms with Crippen LogP contribution in [0.4, 0.5) is 0 Å². The Morgan fingerprint density at radius 3 is 3.00 bits per heavy atom. The molecule has 2 N–H and O–H groups in total. The summed E-state index contributed by atoms with van der Waals surface area (Å²) in [6, 6.07) is 3.41. The molecule has 0 bridgehead atoms. The first kappa shape index (κ1) is 12.4. The molecule has 2 rings (SSSR count). The van der Waals surface area contributed by atoms with Crippen molar-refractivity contribution in [2.45, 2.75) is 26.4 Å². The zero-order valence-corrected chi connectivity index (χ0v) is 10.2. The number of nitrogens with two attached hydrogens (primary N) is 1. The molecule has 0 aliphatic rings. The average Bonchev–Trinajstić information content (AvgIpc) is 2.86. The summed E-state index contributed by atoms with van der Waals surface area (Å²) in [6.07, 6.45) is 3.30. The van der Waals surface area contributed by atoms with Gasteiger partial charge in [-0.25, -0.2) is 9.67 Å². The van der Waals surface area contributed by atoms with Crippen molar-refractivity contribution >= 4 is 5.78 Å². The molecule has 0 spiro atoms. The first-order valence-electron chi connectivity index (χ1n) is 5.79. The van der Waals surface area contributed by atoms with Crippen LogP contribution < -0.4 is 5.73 Å².